The summed E-state index contributed by atoms with van der Waals surface area (Å²) in [6, 6.07) is 8.16. The van der Waals surface area contributed by atoms with Crippen LogP contribution in [0.2, 0.25) is 0 Å². The van der Waals surface area contributed by atoms with Gasteiger partial charge in [0.05, 0.1) is 4.90 Å². The Labute approximate surface area is 152 Å². The van der Waals surface area contributed by atoms with Crippen LogP contribution in [-0.4, -0.2) is 32.4 Å². The lowest BCUT2D eigenvalue weighted by atomic mass is 10.2. The molecule has 2 rings (SSSR count). The molecule has 1 aromatic heterocycles. The van der Waals surface area contributed by atoms with Crippen molar-refractivity contribution >= 4 is 27.4 Å². The summed E-state index contributed by atoms with van der Waals surface area (Å²) in [5, 5.41) is 6.78. The highest BCUT2D eigenvalue weighted by Gasteiger charge is 2.16. The molecule has 0 saturated carbocycles. The number of sulfonamides is 1. The van der Waals surface area contributed by atoms with E-state index in [-0.39, 0.29) is 23.5 Å². The molecule has 0 aliphatic rings. The van der Waals surface area contributed by atoms with Gasteiger partial charge in [-0.05, 0) is 53.9 Å². The molecule has 136 valence electrons. The number of benzene rings is 1. The first-order valence-corrected chi connectivity index (χ1v) is 10.3. The summed E-state index contributed by atoms with van der Waals surface area (Å²) in [6.45, 7) is 4.33. The van der Waals surface area contributed by atoms with Gasteiger partial charge >= 0.3 is 6.03 Å². The van der Waals surface area contributed by atoms with Crippen molar-refractivity contribution < 1.29 is 13.2 Å². The van der Waals surface area contributed by atoms with Crippen LogP contribution in [0.25, 0.3) is 0 Å². The number of nitrogens with zero attached hydrogens (tertiary/aromatic N) is 1. The quantitative estimate of drug-likeness (QED) is 0.774. The fraction of sp³-hybridized carbons (Fsp3) is 0.353. The fourth-order valence-corrected chi connectivity index (χ4v) is 4.22. The third-order valence-corrected chi connectivity index (χ3v) is 5.78. The van der Waals surface area contributed by atoms with E-state index in [1.54, 1.807) is 61.4 Å². The molecule has 0 spiro atoms. The molecule has 25 heavy (non-hydrogen) atoms. The molecule has 0 bridgehead atoms. The molecule has 1 heterocycles. The highest BCUT2D eigenvalue weighted by molar-refractivity contribution is 7.89. The first-order chi connectivity index (χ1) is 11.8. The maximum atomic E-state index is 12.2. The molecule has 6 nitrogen and oxygen atoms in total. The molecule has 8 heteroatoms. The number of carbonyl (C=O) groups excluding carboxylic acids is 1. The lowest BCUT2D eigenvalue weighted by molar-refractivity contribution is 0.206. The van der Waals surface area contributed by atoms with Gasteiger partial charge in [-0.3, -0.25) is 0 Å². The van der Waals surface area contributed by atoms with Gasteiger partial charge in [0.25, 0.3) is 0 Å². The van der Waals surface area contributed by atoms with E-state index < -0.39 is 10.0 Å². The summed E-state index contributed by atoms with van der Waals surface area (Å²) in [6.07, 6.45) is 0. The number of carbonyl (C=O) groups is 1. The fourth-order valence-electron chi connectivity index (χ4n) is 2.24. The number of thiophene rings is 1. The third-order valence-electron chi connectivity index (χ3n) is 3.39. The normalized spacial score (nSPS) is 11.5. The number of amides is 2. The van der Waals surface area contributed by atoms with Crippen LogP contribution in [0.15, 0.2) is 46.0 Å². The molecule has 0 unspecified atom stereocenters. The summed E-state index contributed by atoms with van der Waals surface area (Å²) in [5.74, 6) is 0. The molecule has 2 amide bonds. The van der Waals surface area contributed by atoms with Crippen molar-refractivity contribution in [1.82, 2.24) is 14.9 Å². The Morgan fingerprint density at radius 1 is 1.24 bits per heavy atom. The van der Waals surface area contributed by atoms with E-state index in [2.05, 4.69) is 10.0 Å². The van der Waals surface area contributed by atoms with Gasteiger partial charge in [-0.15, -0.1) is 0 Å². The van der Waals surface area contributed by atoms with Crippen molar-refractivity contribution in [2.75, 3.05) is 7.05 Å². The van der Waals surface area contributed by atoms with E-state index in [1.165, 1.54) is 0 Å². The van der Waals surface area contributed by atoms with Crippen LogP contribution in [-0.2, 0) is 23.1 Å². The van der Waals surface area contributed by atoms with Crippen LogP contribution >= 0.6 is 11.3 Å². The van der Waals surface area contributed by atoms with Gasteiger partial charge in [-0.25, -0.2) is 17.9 Å². The number of hydrogen-bond donors (Lipinski definition) is 2. The van der Waals surface area contributed by atoms with Crippen molar-refractivity contribution in [2.24, 2.45) is 0 Å². The molecule has 0 aliphatic heterocycles. The van der Waals surface area contributed by atoms with Crippen molar-refractivity contribution in [3.8, 4) is 0 Å². The summed E-state index contributed by atoms with van der Waals surface area (Å²) < 4.78 is 27.0. The van der Waals surface area contributed by atoms with Crippen LogP contribution in [0.1, 0.15) is 25.0 Å². The molecule has 2 aromatic rings. The van der Waals surface area contributed by atoms with E-state index in [9.17, 15) is 13.2 Å². The maximum Gasteiger partial charge on any atom is 0.317 e. The summed E-state index contributed by atoms with van der Waals surface area (Å²) in [5.41, 5.74) is 1.81. The lowest BCUT2D eigenvalue weighted by Gasteiger charge is -2.17. The zero-order valence-corrected chi connectivity index (χ0v) is 16.2. The highest BCUT2D eigenvalue weighted by Crippen LogP contribution is 2.12. The predicted octanol–water partition coefficient (Wildman–Crippen LogP) is 2.78. The average Bonchev–Trinajstić information content (AvgIpc) is 3.04. The zero-order valence-electron chi connectivity index (χ0n) is 14.5. The van der Waals surface area contributed by atoms with Gasteiger partial charge in [0.2, 0.25) is 10.0 Å². The Bertz CT molecular complexity index is 802. The second-order valence-electron chi connectivity index (χ2n) is 6.07. The smallest absolute Gasteiger partial charge is 0.317 e. The number of hydrogen-bond acceptors (Lipinski definition) is 4. The molecule has 2 N–H and O–H groups in total. The van der Waals surface area contributed by atoms with Crippen LogP contribution in [0.5, 0.6) is 0 Å². The van der Waals surface area contributed by atoms with Crippen LogP contribution in [0.4, 0.5) is 4.79 Å². The van der Waals surface area contributed by atoms with Gasteiger partial charge in [0.1, 0.15) is 0 Å². The van der Waals surface area contributed by atoms with Crippen LogP contribution < -0.4 is 10.0 Å². The van der Waals surface area contributed by atoms with E-state index in [0.717, 1.165) is 11.1 Å². The molecular weight excluding hydrogens is 358 g/mol. The monoisotopic (exact) mass is 381 g/mol. The molecule has 0 aliphatic carbocycles. The SMILES string of the molecule is CC(C)NS(=O)(=O)c1cccc(CNC(=O)N(C)Cc2ccsc2)c1. The van der Waals surface area contributed by atoms with Gasteiger partial charge in [-0.2, -0.15) is 11.3 Å². The summed E-state index contributed by atoms with van der Waals surface area (Å²) in [4.78, 5) is 13.9. The summed E-state index contributed by atoms with van der Waals surface area (Å²) in [7, 11) is -1.82. The van der Waals surface area contributed by atoms with Crippen molar-refractivity contribution in [3.63, 3.8) is 0 Å². The molecule has 0 radical (unpaired) electrons. The topological polar surface area (TPSA) is 78.5 Å². The Morgan fingerprint density at radius 2 is 2.00 bits per heavy atom. The van der Waals surface area contributed by atoms with Crippen molar-refractivity contribution in [1.29, 1.82) is 0 Å². The third kappa shape index (κ3) is 5.84. The first-order valence-electron chi connectivity index (χ1n) is 7.89. The van der Waals surface area contributed by atoms with Crippen molar-refractivity contribution in [2.45, 2.75) is 37.9 Å². The number of nitrogens with one attached hydrogen (secondary N) is 2. The Morgan fingerprint density at radius 3 is 2.64 bits per heavy atom. The van der Waals surface area contributed by atoms with E-state index in [1.807, 2.05) is 16.8 Å². The molecule has 0 atom stereocenters. The Hall–Kier alpha value is -1.90. The molecule has 0 fully saturated rings. The van der Waals surface area contributed by atoms with E-state index in [4.69, 9.17) is 0 Å². The van der Waals surface area contributed by atoms with Gasteiger partial charge in [0, 0.05) is 26.2 Å². The van der Waals surface area contributed by atoms with Crippen molar-refractivity contribution in [3.05, 3.63) is 52.2 Å². The molecular formula is C17H23N3O3S2. The zero-order chi connectivity index (χ0) is 18.4. The minimum atomic E-state index is -3.54. The first kappa shape index (κ1) is 19.4. The minimum Gasteiger partial charge on any atom is -0.334 e. The predicted molar refractivity (Wildman–Crippen MR) is 99.9 cm³/mol. The average molecular weight is 382 g/mol. The second-order valence-corrected chi connectivity index (χ2v) is 8.56. The van der Waals surface area contributed by atoms with Crippen LogP contribution in [0.3, 0.4) is 0 Å². The van der Waals surface area contributed by atoms with Gasteiger partial charge in [-0.1, -0.05) is 12.1 Å². The largest absolute Gasteiger partial charge is 0.334 e. The standard InChI is InChI=1S/C17H23N3O3S2/c1-13(2)19-25(22,23)16-6-4-5-14(9-16)10-18-17(21)20(3)11-15-7-8-24-12-15/h4-9,12-13,19H,10-11H2,1-3H3,(H,18,21). The highest BCUT2D eigenvalue weighted by atomic mass is 32.2. The van der Waals surface area contributed by atoms with E-state index in [0.29, 0.717) is 6.54 Å². The molecule has 1 aromatic carbocycles. The molecule has 0 saturated heterocycles. The number of urea groups is 1. The van der Waals surface area contributed by atoms with Gasteiger partial charge in [0.15, 0.2) is 0 Å². The Kier molecular flexibility index (Phi) is 6.57. The number of rotatable bonds is 7. The van der Waals surface area contributed by atoms with Crippen LogP contribution in [0, 0.1) is 0 Å². The van der Waals surface area contributed by atoms with E-state index >= 15 is 0 Å². The lowest BCUT2D eigenvalue weighted by Crippen LogP contribution is -2.36. The van der Waals surface area contributed by atoms with Gasteiger partial charge < -0.3 is 10.2 Å². The Balaban J connectivity index is 1.96. The second kappa shape index (κ2) is 8.46. The maximum absolute atomic E-state index is 12.2. The minimum absolute atomic E-state index is 0.181. The summed E-state index contributed by atoms with van der Waals surface area (Å²) >= 11 is 1.59.